The number of Topliss-reactive ketones (excluding diaryl/α,β-unsaturated/α-hetero) is 1. The molecule has 0 aliphatic heterocycles. The minimum absolute atomic E-state index is 0.154. The van der Waals surface area contributed by atoms with Crippen molar-refractivity contribution in [3.63, 3.8) is 0 Å². The fourth-order valence-corrected chi connectivity index (χ4v) is 1.99. The number of rotatable bonds is 2. The van der Waals surface area contributed by atoms with Crippen LogP contribution >= 0.6 is 0 Å². The van der Waals surface area contributed by atoms with E-state index in [0.29, 0.717) is 11.2 Å². The molecule has 0 radical (unpaired) electrons. The Kier molecular flexibility index (Phi) is 2.16. The van der Waals surface area contributed by atoms with Crippen molar-refractivity contribution >= 4 is 33.7 Å². The van der Waals surface area contributed by atoms with Crippen LogP contribution in [-0.4, -0.2) is 16.9 Å². The summed E-state index contributed by atoms with van der Waals surface area (Å²) in [4.78, 5) is 22.1. The van der Waals surface area contributed by atoms with E-state index < -0.39 is 11.8 Å². The fourth-order valence-electron chi connectivity index (χ4n) is 1.99. The quantitative estimate of drug-likeness (QED) is 0.552. The molecule has 88 valence electrons. The zero-order valence-electron chi connectivity index (χ0n) is 9.21. The molecule has 4 nitrogen and oxygen atoms in total. The highest BCUT2D eigenvalue weighted by atomic mass is 16.4. The van der Waals surface area contributed by atoms with Gasteiger partial charge in [0.15, 0.2) is 0 Å². The van der Waals surface area contributed by atoms with Crippen LogP contribution in [0, 0.1) is 0 Å². The largest absolute Gasteiger partial charge is 0.475 e. The van der Waals surface area contributed by atoms with E-state index in [1.165, 1.54) is 6.07 Å². The molecule has 18 heavy (non-hydrogen) atoms. The van der Waals surface area contributed by atoms with Crippen LogP contribution in [0.3, 0.4) is 0 Å². The lowest BCUT2D eigenvalue weighted by Crippen LogP contribution is -2.12. The van der Waals surface area contributed by atoms with Crippen molar-refractivity contribution < 1.29 is 19.1 Å². The van der Waals surface area contributed by atoms with Crippen LogP contribution in [0.4, 0.5) is 0 Å². The third kappa shape index (κ3) is 1.47. The van der Waals surface area contributed by atoms with Crippen LogP contribution in [0.5, 0.6) is 0 Å². The molecule has 0 saturated carbocycles. The molecular weight excluding hydrogens is 232 g/mol. The number of benzene rings is 2. The Balaban J connectivity index is 2.31. The highest BCUT2D eigenvalue weighted by Crippen LogP contribution is 2.29. The first-order valence-corrected chi connectivity index (χ1v) is 5.36. The fraction of sp³-hybridized carbons (Fsp3) is 0. The van der Waals surface area contributed by atoms with Crippen LogP contribution in [0.1, 0.15) is 10.4 Å². The summed E-state index contributed by atoms with van der Waals surface area (Å²) in [5.41, 5.74) is 1.51. The molecule has 0 unspecified atom stereocenters. The summed E-state index contributed by atoms with van der Waals surface area (Å²) in [6.45, 7) is 0. The number of carbonyl (C=O) groups is 2. The molecule has 0 aliphatic carbocycles. The predicted octanol–water partition coefficient (Wildman–Crippen LogP) is 2.85. The Labute approximate surface area is 101 Å². The second-order valence-electron chi connectivity index (χ2n) is 3.94. The number of hydrogen-bond acceptors (Lipinski definition) is 3. The summed E-state index contributed by atoms with van der Waals surface area (Å²) < 4.78 is 5.59. The molecule has 4 heteroatoms. The number of carboxylic acid groups (broad SMARTS) is 1. The molecular formula is C14H8O4. The molecule has 1 N–H and O–H groups in total. The first-order valence-electron chi connectivity index (χ1n) is 5.36. The van der Waals surface area contributed by atoms with Gasteiger partial charge in [0.05, 0.1) is 0 Å². The molecule has 0 aliphatic rings. The maximum absolute atomic E-state index is 11.4. The lowest BCUT2D eigenvalue weighted by atomic mass is 10.1. The van der Waals surface area contributed by atoms with E-state index in [1.807, 2.05) is 24.3 Å². The summed E-state index contributed by atoms with van der Waals surface area (Å²) in [5.74, 6) is -2.37. The van der Waals surface area contributed by atoms with Crippen LogP contribution in [-0.2, 0) is 4.79 Å². The van der Waals surface area contributed by atoms with Crippen molar-refractivity contribution in [3.8, 4) is 0 Å². The van der Waals surface area contributed by atoms with Gasteiger partial charge in [-0.3, -0.25) is 4.79 Å². The number of para-hydroxylation sites is 1. The van der Waals surface area contributed by atoms with E-state index in [1.54, 1.807) is 12.1 Å². The Bertz CT molecular complexity index is 783. The zero-order valence-corrected chi connectivity index (χ0v) is 9.21. The SMILES string of the molecule is O=C(O)C(=O)c1ccc2oc3ccccc3c2c1. The van der Waals surface area contributed by atoms with Gasteiger partial charge in [-0.25, -0.2) is 4.79 Å². The normalized spacial score (nSPS) is 10.9. The van der Waals surface area contributed by atoms with E-state index in [9.17, 15) is 9.59 Å². The predicted molar refractivity (Wildman–Crippen MR) is 65.7 cm³/mol. The van der Waals surface area contributed by atoms with Crippen LogP contribution < -0.4 is 0 Å². The standard InChI is InChI=1S/C14H8O4/c15-13(14(16)17)8-5-6-12-10(7-8)9-3-1-2-4-11(9)18-12/h1-7H,(H,16,17). The van der Waals surface area contributed by atoms with E-state index >= 15 is 0 Å². The molecule has 1 heterocycles. The number of carboxylic acids is 1. The highest BCUT2D eigenvalue weighted by Gasteiger charge is 2.16. The van der Waals surface area contributed by atoms with Gasteiger partial charge >= 0.3 is 5.97 Å². The molecule has 3 aromatic rings. The maximum atomic E-state index is 11.4. The van der Waals surface area contributed by atoms with Crippen LogP contribution in [0.15, 0.2) is 46.9 Å². The van der Waals surface area contributed by atoms with Gasteiger partial charge in [0.2, 0.25) is 0 Å². The third-order valence-electron chi connectivity index (χ3n) is 2.83. The number of carbonyl (C=O) groups excluding carboxylic acids is 1. The lowest BCUT2D eigenvalue weighted by molar-refractivity contribution is -0.131. The van der Waals surface area contributed by atoms with Crippen LogP contribution in [0.25, 0.3) is 21.9 Å². The zero-order chi connectivity index (χ0) is 12.7. The molecule has 3 rings (SSSR count). The topological polar surface area (TPSA) is 67.5 Å². The molecule has 0 bridgehead atoms. The monoisotopic (exact) mass is 240 g/mol. The van der Waals surface area contributed by atoms with Crippen molar-refractivity contribution in [3.05, 3.63) is 48.0 Å². The molecule has 2 aromatic carbocycles. The minimum atomic E-state index is -1.46. The second-order valence-corrected chi connectivity index (χ2v) is 3.94. The average Bonchev–Trinajstić information content (AvgIpc) is 2.75. The van der Waals surface area contributed by atoms with Crippen molar-refractivity contribution in [1.29, 1.82) is 0 Å². The number of furan rings is 1. The Hall–Kier alpha value is -2.62. The van der Waals surface area contributed by atoms with Crippen molar-refractivity contribution in [1.82, 2.24) is 0 Å². The first-order chi connectivity index (χ1) is 8.66. The highest BCUT2D eigenvalue weighted by molar-refractivity contribution is 6.40. The summed E-state index contributed by atoms with van der Waals surface area (Å²) in [6.07, 6.45) is 0. The van der Waals surface area contributed by atoms with Gasteiger partial charge < -0.3 is 9.52 Å². The Morgan fingerprint density at radius 3 is 2.44 bits per heavy atom. The number of ketones is 1. The third-order valence-corrected chi connectivity index (χ3v) is 2.83. The van der Waals surface area contributed by atoms with E-state index in [0.717, 1.165) is 10.8 Å². The van der Waals surface area contributed by atoms with Crippen molar-refractivity contribution in [2.45, 2.75) is 0 Å². The molecule has 0 atom stereocenters. The molecule has 1 aromatic heterocycles. The van der Waals surface area contributed by atoms with Gasteiger partial charge in [-0.15, -0.1) is 0 Å². The number of hydrogen-bond donors (Lipinski definition) is 1. The number of aliphatic carboxylic acids is 1. The second kappa shape index (κ2) is 3.70. The van der Waals surface area contributed by atoms with Gasteiger partial charge in [-0.05, 0) is 24.3 Å². The number of fused-ring (bicyclic) bond motifs is 3. The van der Waals surface area contributed by atoms with Gasteiger partial charge in [-0.1, -0.05) is 18.2 Å². The van der Waals surface area contributed by atoms with Crippen LogP contribution in [0.2, 0.25) is 0 Å². The van der Waals surface area contributed by atoms with Gasteiger partial charge in [0.25, 0.3) is 5.78 Å². The Morgan fingerprint density at radius 1 is 0.944 bits per heavy atom. The maximum Gasteiger partial charge on any atom is 0.377 e. The van der Waals surface area contributed by atoms with Crippen molar-refractivity contribution in [2.75, 3.05) is 0 Å². The molecule has 0 saturated heterocycles. The summed E-state index contributed by atoms with van der Waals surface area (Å²) in [5, 5.41) is 10.3. The molecule has 0 fully saturated rings. The van der Waals surface area contributed by atoms with Gasteiger partial charge in [0.1, 0.15) is 11.2 Å². The smallest absolute Gasteiger partial charge is 0.377 e. The van der Waals surface area contributed by atoms with E-state index in [4.69, 9.17) is 9.52 Å². The van der Waals surface area contributed by atoms with E-state index in [-0.39, 0.29) is 5.56 Å². The van der Waals surface area contributed by atoms with E-state index in [2.05, 4.69) is 0 Å². The Morgan fingerprint density at radius 2 is 1.67 bits per heavy atom. The lowest BCUT2D eigenvalue weighted by Gasteiger charge is -1.95. The van der Waals surface area contributed by atoms with Gasteiger partial charge in [-0.2, -0.15) is 0 Å². The molecule has 0 spiro atoms. The first kappa shape index (κ1) is 10.5. The van der Waals surface area contributed by atoms with Gasteiger partial charge in [0, 0.05) is 16.3 Å². The van der Waals surface area contributed by atoms with Crippen molar-refractivity contribution in [2.24, 2.45) is 0 Å². The molecule has 0 amide bonds. The summed E-state index contributed by atoms with van der Waals surface area (Å²) in [6, 6.07) is 12.0. The average molecular weight is 240 g/mol. The minimum Gasteiger partial charge on any atom is -0.475 e. The summed E-state index contributed by atoms with van der Waals surface area (Å²) in [7, 11) is 0. The summed E-state index contributed by atoms with van der Waals surface area (Å²) >= 11 is 0.